The maximum Gasteiger partial charge on any atom is 0.494 e. The molecule has 2 aliphatic rings. The van der Waals surface area contributed by atoms with Crippen molar-refractivity contribution in [2.75, 3.05) is 19.1 Å². The highest BCUT2D eigenvalue weighted by Gasteiger charge is 2.51. The van der Waals surface area contributed by atoms with E-state index in [2.05, 4.69) is 32.6 Å². The van der Waals surface area contributed by atoms with Gasteiger partial charge in [-0.15, -0.1) is 0 Å². The molecule has 0 saturated carbocycles. The van der Waals surface area contributed by atoms with Crippen molar-refractivity contribution in [3.63, 3.8) is 0 Å². The molecule has 0 spiro atoms. The van der Waals surface area contributed by atoms with E-state index >= 15 is 0 Å². The molecule has 32 heavy (non-hydrogen) atoms. The Morgan fingerprint density at radius 2 is 1.91 bits per heavy atom. The molecule has 2 aromatic heterocycles. The number of aromatic nitrogens is 4. The van der Waals surface area contributed by atoms with Crippen molar-refractivity contribution in [3.05, 3.63) is 12.7 Å². The van der Waals surface area contributed by atoms with Crippen molar-refractivity contribution in [1.82, 2.24) is 19.5 Å². The van der Waals surface area contributed by atoms with E-state index in [9.17, 15) is 23.9 Å². The van der Waals surface area contributed by atoms with Gasteiger partial charge in [0.2, 0.25) is 0 Å². The Bertz CT molecular complexity index is 1150. The fourth-order valence-electron chi connectivity index (χ4n) is 2.87. The lowest BCUT2D eigenvalue weighted by atomic mass is 10.1. The van der Waals surface area contributed by atoms with Gasteiger partial charge in [-0.3, -0.25) is 18.1 Å². The lowest BCUT2D eigenvalue weighted by Crippen LogP contribution is -2.33. The van der Waals surface area contributed by atoms with Gasteiger partial charge in [-0.2, -0.15) is 8.62 Å². The molecule has 4 heterocycles. The molecular formula is C11H16N5O13P3. The molecule has 2 aromatic rings. The molecule has 0 aliphatic carbocycles. The van der Waals surface area contributed by atoms with E-state index in [-0.39, 0.29) is 17.0 Å². The van der Waals surface area contributed by atoms with Crippen LogP contribution in [0.5, 0.6) is 0 Å². The van der Waals surface area contributed by atoms with Crippen LogP contribution in [0, 0.1) is 0 Å². The van der Waals surface area contributed by atoms with Gasteiger partial charge < -0.3 is 30.5 Å². The highest BCUT2D eigenvalue weighted by molar-refractivity contribution is 7.67. The summed E-state index contributed by atoms with van der Waals surface area (Å²) in [6.07, 6.45) is -3.19. The molecule has 2 saturated heterocycles. The van der Waals surface area contributed by atoms with E-state index in [4.69, 9.17) is 24.8 Å². The van der Waals surface area contributed by atoms with Crippen molar-refractivity contribution >= 4 is 40.4 Å². The Morgan fingerprint density at radius 1 is 1.19 bits per heavy atom. The number of phosphoric acid groups is 3. The third-order valence-corrected chi connectivity index (χ3v) is 8.78. The molecule has 6 atom stereocenters. The number of imidazole rings is 1. The average Bonchev–Trinajstić information content (AvgIpc) is 3.21. The predicted molar refractivity (Wildman–Crippen MR) is 98.1 cm³/mol. The van der Waals surface area contributed by atoms with Crippen molar-refractivity contribution in [3.8, 4) is 0 Å². The standard InChI is InChI=1S/C11H16N5O13P3/c12-9-6-10(14-2-13-9)16(3-15-6)11-8(18)7(17)5(27-11)1-24-31(22)25-4-26-32(23,29-31)28-30(19,20)21/h2-3,5,7-8,11,17-18H,1,4H2,(H2,12,13,14)(H2,19,20,21)/t5-,7-,8-,11?,31?,32?/m1/s1. The lowest BCUT2D eigenvalue weighted by Gasteiger charge is -2.28. The van der Waals surface area contributed by atoms with Gasteiger partial charge in [-0.1, -0.05) is 0 Å². The molecule has 18 nitrogen and oxygen atoms in total. The van der Waals surface area contributed by atoms with Gasteiger partial charge in [0.25, 0.3) is 0 Å². The Labute approximate surface area is 177 Å². The molecule has 0 aromatic carbocycles. The van der Waals surface area contributed by atoms with Crippen molar-refractivity contribution in [1.29, 1.82) is 0 Å². The Morgan fingerprint density at radius 3 is 2.62 bits per heavy atom. The molecule has 2 aliphatic heterocycles. The largest absolute Gasteiger partial charge is 0.494 e. The van der Waals surface area contributed by atoms with Crippen LogP contribution >= 0.6 is 23.5 Å². The van der Waals surface area contributed by atoms with Crippen LogP contribution in [0.1, 0.15) is 6.23 Å². The van der Waals surface area contributed by atoms with Gasteiger partial charge in [0.15, 0.2) is 24.5 Å². The maximum atomic E-state index is 12.5. The lowest BCUT2D eigenvalue weighted by molar-refractivity contribution is -0.0568. The number of anilines is 1. The summed E-state index contributed by atoms with van der Waals surface area (Å²) in [6, 6.07) is 0. The fourth-order valence-corrected chi connectivity index (χ4v) is 6.88. The number of fused-ring (bicyclic) bond motifs is 1. The monoisotopic (exact) mass is 519 g/mol. The van der Waals surface area contributed by atoms with E-state index in [0.29, 0.717) is 0 Å². The van der Waals surface area contributed by atoms with E-state index in [1.54, 1.807) is 0 Å². The zero-order valence-electron chi connectivity index (χ0n) is 15.5. The van der Waals surface area contributed by atoms with Gasteiger partial charge in [-0.25, -0.2) is 28.6 Å². The number of phosphoric ester groups is 1. The Kier molecular flexibility index (Phi) is 6.28. The topological polar surface area (TPSA) is 257 Å². The van der Waals surface area contributed by atoms with Gasteiger partial charge in [0.1, 0.15) is 30.2 Å². The number of hydrogen-bond acceptors (Lipinski definition) is 15. The summed E-state index contributed by atoms with van der Waals surface area (Å²) in [5, 5.41) is 20.7. The minimum atomic E-state index is -5.34. The summed E-state index contributed by atoms with van der Waals surface area (Å²) >= 11 is 0. The number of nitrogen functional groups attached to an aromatic ring is 1. The number of rotatable bonds is 6. The van der Waals surface area contributed by atoms with E-state index in [1.807, 2.05) is 0 Å². The summed E-state index contributed by atoms with van der Waals surface area (Å²) in [4.78, 5) is 29.3. The van der Waals surface area contributed by atoms with Crippen molar-refractivity contribution < 1.29 is 60.6 Å². The second-order valence-corrected chi connectivity index (χ2v) is 11.2. The summed E-state index contributed by atoms with van der Waals surface area (Å²) in [5.41, 5.74) is 6.14. The molecular weight excluding hydrogens is 503 g/mol. The van der Waals surface area contributed by atoms with Crippen LogP contribution in [0.15, 0.2) is 12.7 Å². The molecule has 4 rings (SSSR count). The molecule has 3 unspecified atom stereocenters. The van der Waals surface area contributed by atoms with Crippen LogP contribution in [-0.4, -0.2) is 71.2 Å². The third-order valence-electron chi connectivity index (χ3n) is 4.22. The molecule has 0 radical (unpaired) electrons. The third kappa shape index (κ3) is 4.78. The van der Waals surface area contributed by atoms with Crippen LogP contribution in [0.25, 0.3) is 11.2 Å². The highest BCUT2D eigenvalue weighted by Crippen LogP contribution is 2.73. The first kappa shape index (κ1) is 23.8. The number of aliphatic hydroxyl groups is 2. The minimum absolute atomic E-state index is 0.0792. The van der Waals surface area contributed by atoms with Crippen LogP contribution in [0.3, 0.4) is 0 Å². The van der Waals surface area contributed by atoms with Crippen LogP contribution < -0.4 is 5.73 Å². The number of aliphatic hydroxyl groups excluding tert-OH is 2. The Balaban J connectivity index is 1.46. The normalized spacial score (nSPS) is 36.0. The number of nitrogens with zero attached hydrogens (tertiary/aromatic N) is 4. The van der Waals surface area contributed by atoms with Gasteiger partial charge in [-0.05, 0) is 0 Å². The van der Waals surface area contributed by atoms with Crippen molar-refractivity contribution in [2.24, 2.45) is 0 Å². The van der Waals surface area contributed by atoms with Gasteiger partial charge >= 0.3 is 23.5 Å². The maximum absolute atomic E-state index is 12.5. The highest BCUT2D eigenvalue weighted by atomic mass is 31.3. The number of ether oxygens (including phenoxy) is 1. The molecule has 2 fully saturated rings. The number of nitrogens with two attached hydrogens (primary N) is 1. The zero-order valence-corrected chi connectivity index (χ0v) is 18.2. The molecule has 178 valence electrons. The first-order chi connectivity index (χ1) is 14.9. The molecule has 6 N–H and O–H groups in total. The molecule has 0 bridgehead atoms. The first-order valence-corrected chi connectivity index (χ1v) is 12.9. The smallest absolute Gasteiger partial charge is 0.387 e. The second kappa shape index (κ2) is 8.45. The molecule has 21 heteroatoms. The second-order valence-electron chi connectivity index (χ2n) is 6.35. The van der Waals surface area contributed by atoms with Crippen molar-refractivity contribution in [2.45, 2.75) is 24.5 Å². The molecule has 0 amide bonds. The minimum Gasteiger partial charge on any atom is -0.387 e. The van der Waals surface area contributed by atoms with Crippen LogP contribution in [-0.2, 0) is 40.6 Å². The van der Waals surface area contributed by atoms with Crippen LogP contribution in [0.2, 0.25) is 0 Å². The summed E-state index contributed by atoms with van der Waals surface area (Å²) in [5.74, 6) is 0.0792. The number of hydrogen-bond donors (Lipinski definition) is 5. The fraction of sp³-hybridized carbons (Fsp3) is 0.545. The quantitative estimate of drug-likeness (QED) is 0.298. The van der Waals surface area contributed by atoms with E-state index < -0.39 is 61.4 Å². The zero-order chi connectivity index (χ0) is 23.3. The van der Waals surface area contributed by atoms with E-state index in [0.717, 1.165) is 6.33 Å². The van der Waals surface area contributed by atoms with Crippen LogP contribution in [0.4, 0.5) is 5.82 Å². The first-order valence-electron chi connectivity index (χ1n) is 8.46. The average molecular weight is 519 g/mol. The summed E-state index contributed by atoms with van der Waals surface area (Å²) < 4.78 is 64.5. The Hall–Kier alpha value is -1.36. The summed E-state index contributed by atoms with van der Waals surface area (Å²) in [6.45, 7) is -1.73. The van der Waals surface area contributed by atoms with Gasteiger partial charge in [0.05, 0.1) is 12.9 Å². The predicted octanol–water partition coefficient (Wildman–Crippen LogP) is -0.609. The SMILES string of the molecule is Nc1ncnc2c1ncn2C1O[C@H](COP2(=O)OCOP(=O)(OP(=O)(O)O)O2)[C@@H](O)[C@H]1O. The summed E-state index contributed by atoms with van der Waals surface area (Å²) in [7, 11) is -15.1. The van der Waals surface area contributed by atoms with Gasteiger partial charge in [0, 0.05) is 0 Å². The van der Waals surface area contributed by atoms with E-state index in [1.165, 1.54) is 10.9 Å².